The molecule has 0 heterocycles. The summed E-state index contributed by atoms with van der Waals surface area (Å²) in [7, 11) is 9.78. The van der Waals surface area contributed by atoms with Gasteiger partial charge in [0.15, 0.2) is 0 Å². The van der Waals surface area contributed by atoms with Gasteiger partial charge in [-0.2, -0.15) is 0 Å². The number of hydrogen-bond acceptors (Lipinski definition) is 0. The molecule has 68 valence electrons. The van der Waals surface area contributed by atoms with Gasteiger partial charge in [-0.05, 0) is 13.8 Å². The third-order valence-electron chi connectivity index (χ3n) is 1.89. The summed E-state index contributed by atoms with van der Waals surface area (Å²) < 4.78 is 0. The van der Waals surface area contributed by atoms with Crippen LogP contribution >= 0.6 is 18.6 Å². The van der Waals surface area contributed by atoms with Crippen LogP contribution in [0.3, 0.4) is 0 Å². The second kappa shape index (κ2) is 5.49. The Kier molecular flexibility index (Phi) is 5.85. The summed E-state index contributed by atoms with van der Waals surface area (Å²) in [6.07, 6.45) is 4.38. The van der Waals surface area contributed by atoms with Crippen LogP contribution in [-0.4, -0.2) is 0 Å². The predicted molar refractivity (Wildman–Crippen MR) is 52.7 cm³/mol. The van der Waals surface area contributed by atoms with E-state index >= 15 is 0 Å². The molecule has 1 atom stereocenters. The molecule has 1 unspecified atom stereocenters. The van der Waals surface area contributed by atoms with E-state index in [0.29, 0.717) is 0 Å². The fourth-order valence-corrected chi connectivity index (χ4v) is 1.16. The standard InChI is InChI=1S/C9H13.2ClH.Ti/c1-7-5-8(2)9(3,4)6-7;;;/h5-6H,3H2,1-2,4H3;2*1H;/q-1;;;+2/p-2. The zero-order valence-corrected chi connectivity index (χ0v) is 10.7. The SMILES string of the molecule is [CH2-]C1(C)C=C(C)C=C1C.[Cl][Ti][Cl]. The van der Waals surface area contributed by atoms with E-state index in [1.54, 1.807) is 0 Å². The van der Waals surface area contributed by atoms with Crippen molar-refractivity contribution in [3.63, 3.8) is 0 Å². The van der Waals surface area contributed by atoms with E-state index in [1.165, 1.54) is 11.1 Å². The Bertz CT molecular complexity index is 205. The van der Waals surface area contributed by atoms with E-state index in [9.17, 15) is 0 Å². The van der Waals surface area contributed by atoms with Gasteiger partial charge in [-0.15, -0.1) is 11.5 Å². The van der Waals surface area contributed by atoms with Crippen LogP contribution in [0.5, 0.6) is 0 Å². The molecule has 0 saturated carbocycles. The third kappa shape index (κ3) is 4.14. The van der Waals surface area contributed by atoms with Gasteiger partial charge in [0.2, 0.25) is 0 Å². The molecule has 0 N–H and O–H groups in total. The molecule has 3 heteroatoms. The average Bonchev–Trinajstić information content (AvgIpc) is 2.06. The molecule has 12 heavy (non-hydrogen) atoms. The van der Waals surface area contributed by atoms with Gasteiger partial charge >= 0.3 is 35.6 Å². The molecule has 0 aromatic rings. The van der Waals surface area contributed by atoms with Crippen molar-refractivity contribution < 1.29 is 17.0 Å². The molecular formula is C9H13Cl2Ti-. The number of allylic oxidation sites excluding steroid dienone is 4. The minimum atomic E-state index is -0.556. The Labute approximate surface area is 91.7 Å². The fourth-order valence-electron chi connectivity index (χ4n) is 1.16. The van der Waals surface area contributed by atoms with E-state index in [-0.39, 0.29) is 5.41 Å². The van der Waals surface area contributed by atoms with Gasteiger partial charge in [-0.1, -0.05) is 24.1 Å². The van der Waals surface area contributed by atoms with E-state index in [0.717, 1.165) is 0 Å². The first-order valence-corrected chi connectivity index (χ1v) is 7.93. The number of hydrogen-bond donors (Lipinski definition) is 0. The summed E-state index contributed by atoms with van der Waals surface area (Å²) >= 11 is -0.556. The second-order valence-corrected chi connectivity index (χ2v) is 5.78. The molecule has 0 fully saturated rings. The molecule has 1 aliphatic rings. The normalized spacial score (nSPS) is 26.8. The minimum absolute atomic E-state index is 0.0735. The topological polar surface area (TPSA) is 0 Å². The van der Waals surface area contributed by atoms with Gasteiger partial charge in [-0.25, -0.2) is 0 Å². The molecular weight excluding hydrogens is 227 g/mol. The Balaban J connectivity index is 0.000000354. The zero-order valence-electron chi connectivity index (χ0n) is 7.62. The maximum absolute atomic E-state index is 4.89. The molecule has 0 amide bonds. The van der Waals surface area contributed by atoms with Gasteiger partial charge in [0.1, 0.15) is 0 Å². The van der Waals surface area contributed by atoms with Crippen molar-refractivity contribution in [3.05, 3.63) is 30.2 Å². The van der Waals surface area contributed by atoms with E-state index < -0.39 is 17.0 Å². The summed E-state index contributed by atoms with van der Waals surface area (Å²) in [5, 5.41) is 0. The number of halogens is 2. The van der Waals surface area contributed by atoms with Gasteiger partial charge in [-0.3, -0.25) is 0 Å². The molecule has 1 aliphatic carbocycles. The van der Waals surface area contributed by atoms with Crippen molar-refractivity contribution in [1.82, 2.24) is 0 Å². The molecule has 1 rings (SSSR count). The van der Waals surface area contributed by atoms with Crippen LogP contribution < -0.4 is 0 Å². The number of rotatable bonds is 0. The van der Waals surface area contributed by atoms with Crippen LogP contribution in [0.2, 0.25) is 0 Å². The molecule has 0 radical (unpaired) electrons. The van der Waals surface area contributed by atoms with Crippen molar-refractivity contribution in [1.29, 1.82) is 0 Å². The summed E-state index contributed by atoms with van der Waals surface area (Å²) in [4.78, 5) is 0. The second-order valence-electron chi connectivity index (χ2n) is 3.20. The Hall–Kier alpha value is 0.774. The predicted octanol–water partition coefficient (Wildman–Crippen LogP) is 4.11. The molecule has 0 bridgehead atoms. The summed E-state index contributed by atoms with van der Waals surface area (Å²) in [6, 6.07) is 0. The molecule has 0 aromatic carbocycles. The van der Waals surface area contributed by atoms with Crippen molar-refractivity contribution >= 4 is 18.6 Å². The zero-order chi connectivity index (χ0) is 9.78. The first-order valence-electron chi connectivity index (χ1n) is 3.64. The van der Waals surface area contributed by atoms with Gasteiger partial charge in [0, 0.05) is 0 Å². The third-order valence-corrected chi connectivity index (χ3v) is 1.89. The monoisotopic (exact) mass is 239 g/mol. The fraction of sp³-hybridized carbons (Fsp3) is 0.444. The average molecular weight is 240 g/mol. The van der Waals surface area contributed by atoms with Crippen molar-refractivity contribution in [3.8, 4) is 0 Å². The Morgan fingerprint density at radius 2 is 1.83 bits per heavy atom. The van der Waals surface area contributed by atoms with Crippen LogP contribution in [0.25, 0.3) is 0 Å². The van der Waals surface area contributed by atoms with Crippen molar-refractivity contribution in [2.45, 2.75) is 20.8 Å². The van der Waals surface area contributed by atoms with Gasteiger partial charge in [0.05, 0.1) is 0 Å². The Morgan fingerprint density at radius 1 is 1.42 bits per heavy atom. The summed E-state index contributed by atoms with van der Waals surface area (Å²) in [6.45, 7) is 10.4. The first-order chi connectivity index (χ1) is 5.44. The van der Waals surface area contributed by atoms with Crippen LogP contribution in [-0.2, 0) is 17.0 Å². The Morgan fingerprint density at radius 3 is 1.92 bits per heavy atom. The maximum atomic E-state index is 4.89. The van der Waals surface area contributed by atoms with Crippen LogP contribution in [0.15, 0.2) is 23.3 Å². The van der Waals surface area contributed by atoms with Crippen molar-refractivity contribution in [2.24, 2.45) is 5.41 Å². The van der Waals surface area contributed by atoms with Crippen LogP contribution in [0, 0.1) is 12.3 Å². The van der Waals surface area contributed by atoms with E-state index in [2.05, 4.69) is 39.8 Å². The molecule has 0 aromatic heterocycles. The van der Waals surface area contributed by atoms with Crippen molar-refractivity contribution in [2.75, 3.05) is 0 Å². The quantitative estimate of drug-likeness (QED) is 0.441. The first kappa shape index (κ1) is 12.8. The molecule has 0 spiro atoms. The van der Waals surface area contributed by atoms with Gasteiger partial charge in [0.25, 0.3) is 0 Å². The van der Waals surface area contributed by atoms with E-state index in [4.69, 9.17) is 18.6 Å². The molecule has 0 nitrogen and oxygen atoms in total. The van der Waals surface area contributed by atoms with E-state index in [1.807, 2.05) is 0 Å². The summed E-state index contributed by atoms with van der Waals surface area (Å²) in [5.41, 5.74) is 2.77. The molecule has 0 aliphatic heterocycles. The van der Waals surface area contributed by atoms with Gasteiger partial charge < -0.3 is 6.92 Å². The molecule has 0 saturated heterocycles. The summed E-state index contributed by atoms with van der Waals surface area (Å²) in [5.74, 6) is 0. The van der Waals surface area contributed by atoms with Crippen LogP contribution in [0.1, 0.15) is 20.8 Å². The van der Waals surface area contributed by atoms with Crippen LogP contribution in [0.4, 0.5) is 0 Å².